The molecule has 0 aliphatic heterocycles. The lowest BCUT2D eigenvalue weighted by Gasteiger charge is -2.14. The average Bonchev–Trinajstić information content (AvgIpc) is 2.37. The van der Waals surface area contributed by atoms with E-state index < -0.39 is 12.1 Å². The number of aliphatic hydroxyl groups excluding tert-OH is 1. The van der Waals surface area contributed by atoms with Gasteiger partial charge in [0.15, 0.2) is 0 Å². The van der Waals surface area contributed by atoms with Gasteiger partial charge in [-0.25, -0.2) is 9.78 Å². The zero-order valence-corrected chi connectivity index (χ0v) is 11.5. The summed E-state index contributed by atoms with van der Waals surface area (Å²) in [4.78, 5) is 15.7. The summed E-state index contributed by atoms with van der Waals surface area (Å²) in [6.45, 7) is 3.59. The van der Waals surface area contributed by atoms with Crippen molar-refractivity contribution in [2.45, 2.75) is 30.2 Å². The van der Waals surface area contributed by atoms with Crippen molar-refractivity contribution in [1.29, 1.82) is 0 Å². The first kappa shape index (κ1) is 13.8. The molecule has 2 rings (SSSR count). The molecule has 1 aromatic carbocycles. The Morgan fingerprint density at radius 2 is 2.00 bits per heavy atom. The third kappa shape index (κ3) is 3.05. The zero-order valence-electron chi connectivity index (χ0n) is 10.7. The number of benzene rings is 1. The predicted molar refractivity (Wildman–Crippen MR) is 75.7 cm³/mol. The van der Waals surface area contributed by atoms with Gasteiger partial charge < -0.3 is 10.2 Å². The van der Waals surface area contributed by atoms with Crippen LogP contribution in [0.2, 0.25) is 0 Å². The minimum atomic E-state index is -0.967. The molecule has 2 N–H and O–H groups in total. The maximum atomic E-state index is 11.3. The molecule has 2 unspecified atom stereocenters. The molecular formula is C14H15NO3S. The topological polar surface area (TPSA) is 70.4 Å². The van der Waals surface area contributed by atoms with Gasteiger partial charge in [0.05, 0.1) is 22.2 Å². The van der Waals surface area contributed by atoms with Crippen LogP contribution in [0.5, 0.6) is 0 Å². The molecule has 2 aromatic rings. The van der Waals surface area contributed by atoms with Crippen LogP contribution in [-0.4, -0.2) is 32.5 Å². The summed E-state index contributed by atoms with van der Waals surface area (Å²) in [5.74, 6) is -0.967. The third-order valence-corrected chi connectivity index (χ3v) is 4.13. The smallest absolute Gasteiger partial charge is 0.336 e. The van der Waals surface area contributed by atoms with Gasteiger partial charge in [0.25, 0.3) is 0 Å². The van der Waals surface area contributed by atoms with Gasteiger partial charge in [0.1, 0.15) is 0 Å². The fourth-order valence-corrected chi connectivity index (χ4v) is 2.59. The molecule has 1 aromatic heterocycles. The van der Waals surface area contributed by atoms with E-state index in [4.69, 9.17) is 0 Å². The number of pyridine rings is 1. The number of fused-ring (bicyclic) bond motifs is 1. The number of hydrogen-bond donors (Lipinski definition) is 2. The number of nitrogens with zero attached hydrogens (tertiary/aromatic N) is 1. The molecule has 0 radical (unpaired) electrons. The molecule has 19 heavy (non-hydrogen) atoms. The molecule has 0 amide bonds. The summed E-state index contributed by atoms with van der Waals surface area (Å²) in [5, 5.41) is 20.0. The molecule has 1 heterocycles. The number of aromatic nitrogens is 1. The van der Waals surface area contributed by atoms with Crippen LogP contribution in [0.3, 0.4) is 0 Å². The van der Waals surface area contributed by atoms with Gasteiger partial charge in [-0.3, -0.25) is 0 Å². The predicted octanol–water partition coefficient (Wildman–Crippen LogP) is 2.79. The molecule has 5 heteroatoms. The number of aromatic carboxylic acids is 1. The number of thioether (sulfide) groups is 1. The van der Waals surface area contributed by atoms with E-state index >= 15 is 0 Å². The average molecular weight is 277 g/mol. The van der Waals surface area contributed by atoms with Crippen molar-refractivity contribution in [3.05, 3.63) is 35.9 Å². The van der Waals surface area contributed by atoms with Crippen LogP contribution < -0.4 is 0 Å². The highest BCUT2D eigenvalue weighted by Gasteiger charge is 2.15. The summed E-state index contributed by atoms with van der Waals surface area (Å²) >= 11 is 1.37. The van der Waals surface area contributed by atoms with Crippen LogP contribution in [-0.2, 0) is 0 Å². The molecule has 0 saturated heterocycles. The van der Waals surface area contributed by atoms with E-state index in [1.54, 1.807) is 31.2 Å². The molecule has 2 atom stereocenters. The van der Waals surface area contributed by atoms with Crippen molar-refractivity contribution >= 4 is 28.6 Å². The van der Waals surface area contributed by atoms with Gasteiger partial charge >= 0.3 is 5.97 Å². The maximum absolute atomic E-state index is 11.3. The summed E-state index contributed by atoms with van der Waals surface area (Å²) in [7, 11) is 0. The van der Waals surface area contributed by atoms with E-state index in [0.29, 0.717) is 15.9 Å². The number of aliphatic hydroxyl groups is 1. The Hall–Kier alpha value is -1.59. The van der Waals surface area contributed by atoms with Gasteiger partial charge in [-0.15, -0.1) is 11.8 Å². The molecule has 0 bridgehead atoms. The van der Waals surface area contributed by atoms with Gasteiger partial charge in [-0.05, 0) is 19.1 Å². The first-order chi connectivity index (χ1) is 8.99. The second kappa shape index (κ2) is 5.59. The number of rotatable bonds is 4. The van der Waals surface area contributed by atoms with Crippen molar-refractivity contribution in [2.24, 2.45) is 0 Å². The minimum absolute atomic E-state index is 0.0460. The number of carboxylic acids is 1. The Labute approximate surface area is 115 Å². The molecule has 4 nitrogen and oxygen atoms in total. The van der Waals surface area contributed by atoms with Gasteiger partial charge in [-0.2, -0.15) is 0 Å². The molecule has 0 saturated carbocycles. The molecule has 0 aliphatic rings. The van der Waals surface area contributed by atoms with E-state index in [0.717, 1.165) is 0 Å². The normalized spacial score (nSPS) is 14.3. The molecule has 0 fully saturated rings. The monoisotopic (exact) mass is 277 g/mol. The number of para-hydroxylation sites is 1. The van der Waals surface area contributed by atoms with Crippen LogP contribution in [0, 0.1) is 0 Å². The van der Waals surface area contributed by atoms with Crippen LogP contribution in [0.4, 0.5) is 0 Å². The van der Waals surface area contributed by atoms with Gasteiger partial charge in [0.2, 0.25) is 0 Å². The van der Waals surface area contributed by atoms with E-state index in [-0.39, 0.29) is 10.8 Å². The maximum Gasteiger partial charge on any atom is 0.336 e. The highest BCUT2D eigenvalue weighted by atomic mass is 32.2. The highest BCUT2D eigenvalue weighted by molar-refractivity contribution is 7.99. The first-order valence-corrected chi connectivity index (χ1v) is 6.85. The highest BCUT2D eigenvalue weighted by Crippen LogP contribution is 2.28. The Balaban J connectivity index is 2.49. The number of hydrogen-bond acceptors (Lipinski definition) is 4. The van der Waals surface area contributed by atoms with Crippen molar-refractivity contribution in [3.8, 4) is 0 Å². The van der Waals surface area contributed by atoms with E-state index in [1.165, 1.54) is 11.8 Å². The molecule has 0 spiro atoms. The lowest BCUT2D eigenvalue weighted by atomic mass is 10.1. The Morgan fingerprint density at radius 1 is 1.32 bits per heavy atom. The summed E-state index contributed by atoms with van der Waals surface area (Å²) < 4.78 is 0. The number of carboxylic acid groups (broad SMARTS) is 1. The summed E-state index contributed by atoms with van der Waals surface area (Å²) in [6, 6.07) is 8.72. The van der Waals surface area contributed by atoms with E-state index in [2.05, 4.69) is 4.98 Å². The van der Waals surface area contributed by atoms with Crippen LogP contribution in [0.1, 0.15) is 24.2 Å². The van der Waals surface area contributed by atoms with Gasteiger partial charge in [0, 0.05) is 10.6 Å². The molecular weight excluding hydrogens is 262 g/mol. The Morgan fingerprint density at radius 3 is 2.63 bits per heavy atom. The van der Waals surface area contributed by atoms with Crippen molar-refractivity contribution < 1.29 is 15.0 Å². The summed E-state index contributed by atoms with van der Waals surface area (Å²) in [5.41, 5.74) is 0.897. The molecule has 0 aliphatic carbocycles. The van der Waals surface area contributed by atoms with Crippen molar-refractivity contribution in [3.63, 3.8) is 0 Å². The van der Waals surface area contributed by atoms with E-state index in [9.17, 15) is 15.0 Å². The fourth-order valence-electron chi connectivity index (χ4n) is 1.68. The summed E-state index contributed by atoms with van der Waals surface area (Å²) in [6.07, 6.45) is -0.480. The fraction of sp³-hybridized carbons (Fsp3) is 0.286. The van der Waals surface area contributed by atoms with Crippen molar-refractivity contribution in [1.82, 2.24) is 4.98 Å². The van der Waals surface area contributed by atoms with Crippen LogP contribution in [0.15, 0.2) is 35.4 Å². The Kier molecular flexibility index (Phi) is 4.07. The minimum Gasteiger partial charge on any atom is -0.478 e. The van der Waals surface area contributed by atoms with Crippen LogP contribution in [0.25, 0.3) is 10.9 Å². The second-order valence-electron chi connectivity index (χ2n) is 4.39. The van der Waals surface area contributed by atoms with Gasteiger partial charge in [-0.1, -0.05) is 25.1 Å². The second-order valence-corrected chi connectivity index (χ2v) is 5.79. The Bertz CT molecular complexity index is 613. The lowest BCUT2D eigenvalue weighted by Crippen LogP contribution is -2.15. The van der Waals surface area contributed by atoms with Crippen LogP contribution >= 0.6 is 11.8 Å². The SMILES string of the molecule is CC(O)C(C)Sc1cc(C(=O)O)c2ccccc2n1. The molecule has 100 valence electrons. The van der Waals surface area contributed by atoms with E-state index in [1.807, 2.05) is 13.0 Å². The largest absolute Gasteiger partial charge is 0.478 e. The zero-order chi connectivity index (χ0) is 14.0. The third-order valence-electron chi connectivity index (χ3n) is 2.91. The number of carbonyl (C=O) groups is 1. The first-order valence-electron chi connectivity index (χ1n) is 5.97. The standard InChI is InChI=1S/C14H15NO3S/c1-8(16)9(2)19-13-7-11(14(17)18)10-5-3-4-6-12(10)15-13/h3-9,16H,1-2H3,(H,17,18). The van der Waals surface area contributed by atoms with Crippen molar-refractivity contribution in [2.75, 3.05) is 0 Å². The quantitative estimate of drug-likeness (QED) is 0.841. The lowest BCUT2D eigenvalue weighted by molar-refractivity contribution is 0.0698.